The zero-order valence-electron chi connectivity index (χ0n) is 15.8. The summed E-state index contributed by atoms with van der Waals surface area (Å²) in [7, 11) is 0. The van der Waals surface area contributed by atoms with E-state index >= 15 is 0 Å². The van der Waals surface area contributed by atoms with E-state index in [1.165, 1.54) is 22.2 Å². The lowest BCUT2D eigenvalue weighted by molar-refractivity contribution is -0.145. The standard InChI is InChI=1S/C22H20N2O3S/c1-14-15(2)28-21-20(14)22(26)24(13-23-21)11-10-19(25)27-12-17-8-5-7-16-6-3-4-9-18(16)17/h3-9,13H,10-12H2,1-2H3. The Morgan fingerprint density at radius 3 is 2.79 bits per heavy atom. The molecule has 0 spiro atoms. The molecule has 0 saturated heterocycles. The highest BCUT2D eigenvalue weighted by Gasteiger charge is 2.13. The Hall–Kier alpha value is -2.99. The Bertz CT molecular complexity index is 1230. The molecule has 6 heteroatoms. The van der Waals surface area contributed by atoms with E-state index < -0.39 is 0 Å². The van der Waals surface area contributed by atoms with Crippen molar-refractivity contribution in [3.8, 4) is 0 Å². The molecule has 0 atom stereocenters. The number of hydrogen-bond donors (Lipinski definition) is 0. The van der Waals surface area contributed by atoms with Crippen LogP contribution in [0.4, 0.5) is 0 Å². The SMILES string of the molecule is Cc1sc2ncn(CCC(=O)OCc3cccc4ccccc34)c(=O)c2c1C. The summed E-state index contributed by atoms with van der Waals surface area (Å²) in [6.07, 6.45) is 1.64. The maximum Gasteiger partial charge on any atom is 0.307 e. The van der Waals surface area contributed by atoms with Crippen molar-refractivity contribution in [2.75, 3.05) is 0 Å². The van der Waals surface area contributed by atoms with Gasteiger partial charge in [0.2, 0.25) is 0 Å². The molecule has 0 N–H and O–H groups in total. The van der Waals surface area contributed by atoms with Gasteiger partial charge in [-0.3, -0.25) is 14.2 Å². The highest BCUT2D eigenvalue weighted by Crippen LogP contribution is 2.25. The molecule has 0 bridgehead atoms. The van der Waals surface area contributed by atoms with Gasteiger partial charge in [-0.25, -0.2) is 4.98 Å². The largest absolute Gasteiger partial charge is 0.461 e. The Morgan fingerprint density at radius 1 is 1.14 bits per heavy atom. The molecule has 2 aromatic carbocycles. The third-order valence-corrected chi connectivity index (χ3v) is 6.10. The Kier molecular flexibility index (Phi) is 4.96. The van der Waals surface area contributed by atoms with Gasteiger partial charge in [-0.1, -0.05) is 42.5 Å². The first kappa shape index (κ1) is 18.4. The van der Waals surface area contributed by atoms with E-state index in [-0.39, 0.29) is 31.1 Å². The summed E-state index contributed by atoms with van der Waals surface area (Å²) in [5.74, 6) is -0.335. The number of carbonyl (C=O) groups is 1. The van der Waals surface area contributed by atoms with Crippen molar-refractivity contribution in [2.24, 2.45) is 0 Å². The molecular weight excluding hydrogens is 372 g/mol. The van der Waals surface area contributed by atoms with Crippen LogP contribution in [0, 0.1) is 13.8 Å². The second-order valence-corrected chi connectivity index (χ2v) is 7.96. The van der Waals surface area contributed by atoms with Crippen LogP contribution in [-0.2, 0) is 22.7 Å². The molecule has 0 aliphatic rings. The maximum atomic E-state index is 12.7. The van der Waals surface area contributed by atoms with Crippen LogP contribution in [0.25, 0.3) is 21.0 Å². The number of aromatic nitrogens is 2. The number of ether oxygens (including phenoxy) is 1. The number of carbonyl (C=O) groups excluding carboxylic acids is 1. The number of aryl methyl sites for hydroxylation is 3. The van der Waals surface area contributed by atoms with E-state index in [9.17, 15) is 9.59 Å². The number of esters is 1. The monoisotopic (exact) mass is 392 g/mol. The molecule has 0 aliphatic heterocycles. The van der Waals surface area contributed by atoms with Crippen molar-refractivity contribution >= 4 is 38.3 Å². The Balaban J connectivity index is 1.43. The predicted octanol–water partition coefficient (Wildman–Crippen LogP) is 4.36. The van der Waals surface area contributed by atoms with Crippen molar-refractivity contribution in [3.05, 3.63) is 75.1 Å². The summed E-state index contributed by atoms with van der Waals surface area (Å²) in [4.78, 5) is 31.1. The Morgan fingerprint density at radius 2 is 1.93 bits per heavy atom. The molecule has 2 heterocycles. The zero-order chi connectivity index (χ0) is 19.7. The van der Waals surface area contributed by atoms with E-state index in [2.05, 4.69) is 4.98 Å². The van der Waals surface area contributed by atoms with Crippen molar-refractivity contribution in [1.29, 1.82) is 0 Å². The van der Waals surface area contributed by atoms with Gasteiger partial charge >= 0.3 is 5.97 Å². The lowest BCUT2D eigenvalue weighted by Crippen LogP contribution is -2.22. The van der Waals surface area contributed by atoms with Gasteiger partial charge in [0.1, 0.15) is 11.4 Å². The van der Waals surface area contributed by atoms with Crippen LogP contribution in [0.2, 0.25) is 0 Å². The summed E-state index contributed by atoms with van der Waals surface area (Å²) in [6, 6.07) is 13.9. The third-order valence-electron chi connectivity index (χ3n) is 4.98. The molecule has 5 nitrogen and oxygen atoms in total. The van der Waals surface area contributed by atoms with Gasteiger partial charge in [-0.15, -0.1) is 11.3 Å². The van der Waals surface area contributed by atoms with E-state index in [4.69, 9.17) is 4.74 Å². The molecular formula is C22H20N2O3S. The summed E-state index contributed by atoms with van der Waals surface area (Å²) >= 11 is 1.52. The van der Waals surface area contributed by atoms with E-state index in [1.54, 1.807) is 0 Å². The molecule has 2 aromatic heterocycles. The third kappa shape index (κ3) is 3.43. The first-order chi connectivity index (χ1) is 13.5. The van der Waals surface area contributed by atoms with Gasteiger partial charge in [0.15, 0.2) is 0 Å². The molecule has 0 unspecified atom stereocenters. The minimum absolute atomic E-state index is 0.103. The van der Waals surface area contributed by atoms with Crippen molar-refractivity contribution in [1.82, 2.24) is 9.55 Å². The van der Waals surface area contributed by atoms with E-state index in [1.807, 2.05) is 56.3 Å². The molecule has 0 fully saturated rings. The van der Waals surface area contributed by atoms with Gasteiger partial charge in [-0.2, -0.15) is 0 Å². The fraction of sp³-hybridized carbons (Fsp3) is 0.227. The van der Waals surface area contributed by atoms with Gasteiger partial charge in [0.25, 0.3) is 5.56 Å². The first-order valence-electron chi connectivity index (χ1n) is 9.12. The molecule has 4 rings (SSSR count). The number of fused-ring (bicyclic) bond motifs is 2. The summed E-state index contributed by atoms with van der Waals surface area (Å²) in [5.41, 5.74) is 1.83. The molecule has 28 heavy (non-hydrogen) atoms. The van der Waals surface area contributed by atoms with E-state index in [0.29, 0.717) is 5.39 Å². The highest BCUT2D eigenvalue weighted by atomic mass is 32.1. The van der Waals surface area contributed by atoms with Crippen LogP contribution in [0.5, 0.6) is 0 Å². The second kappa shape index (κ2) is 7.56. The van der Waals surface area contributed by atoms with Gasteiger partial charge in [-0.05, 0) is 35.7 Å². The fourth-order valence-electron chi connectivity index (χ4n) is 3.29. The lowest BCUT2D eigenvalue weighted by Gasteiger charge is -2.09. The lowest BCUT2D eigenvalue weighted by atomic mass is 10.1. The van der Waals surface area contributed by atoms with Gasteiger partial charge in [0.05, 0.1) is 18.1 Å². The second-order valence-electron chi connectivity index (χ2n) is 6.76. The van der Waals surface area contributed by atoms with Crippen LogP contribution in [-0.4, -0.2) is 15.5 Å². The summed E-state index contributed by atoms with van der Waals surface area (Å²) < 4.78 is 6.93. The predicted molar refractivity (Wildman–Crippen MR) is 112 cm³/mol. The van der Waals surface area contributed by atoms with Crippen LogP contribution in [0.3, 0.4) is 0 Å². The normalized spacial score (nSPS) is 11.2. The van der Waals surface area contributed by atoms with Gasteiger partial charge < -0.3 is 4.74 Å². The van der Waals surface area contributed by atoms with Crippen LogP contribution in [0.1, 0.15) is 22.4 Å². The van der Waals surface area contributed by atoms with Crippen LogP contribution >= 0.6 is 11.3 Å². The molecule has 4 aromatic rings. The smallest absolute Gasteiger partial charge is 0.307 e. The molecule has 0 saturated carbocycles. The number of hydrogen-bond acceptors (Lipinski definition) is 5. The quantitative estimate of drug-likeness (QED) is 0.474. The topological polar surface area (TPSA) is 61.2 Å². The number of nitrogens with zero attached hydrogens (tertiary/aromatic N) is 2. The summed E-state index contributed by atoms with van der Waals surface area (Å²) in [5, 5.41) is 2.84. The van der Waals surface area contributed by atoms with Gasteiger partial charge in [0, 0.05) is 11.4 Å². The van der Waals surface area contributed by atoms with E-state index in [0.717, 1.165) is 31.6 Å². The molecule has 0 amide bonds. The number of rotatable bonds is 5. The maximum absolute atomic E-state index is 12.7. The van der Waals surface area contributed by atoms with Crippen LogP contribution < -0.4 is 5.56 Å². The van der Waals surface area contributed by atoms with Crippen molar-refractivity contribution in [2.45, 2.75) is 33.4 Å². The van der Waals surface area contributed by atoms with Crippen LogP contribution in [0.15, 0.2) is 53.6 Å². The minimum Gasteiger partial charge on any atom is -0.461 e. The highest BCUT2D eigenvalue weighted by molar-refractivity contribution is 7.18. The average Bonchev–Trinajstić information content (AvgIpc) is 3.00. The number of thiophene rings is 1. The Labute approximate surface area is 166 Å². The first-order valence-corrected chi connectivity index (χ1v) is 9.93. The summed E-state index contributed by atoms with van der Waals surface area (Å²) in [6.45, 7) is 4.38. The molecule has 142 valence electrons. The zero-order valence-corrected chi connectivity index (χ0v) is 16.6. The molecule has 0 aliphatic carbocycles. The van der Waals surface area contributed by atoms with Crippen molar-refractivity contribution < 1.29 is 9.53 Å². The molecule has 0 radical (unpaired) electrons. The fourth-order valence-corrected chi connectivity index (χ4v) is 4.28. The number of benzene rings is 2. The minimum atomic E-state index is -0.335. The van der Waals surface area contributed by atoms with Crippen molar-refractivity contribution in [3.63, 3.8) is 0 Å². The average molecular weight is 392 g/mol.